The van der Waals surface area contributed by atoms with Gasteiger partial charge in [-0.15, -0.1) is 0 Å². The molecule has 2 heterocycles. The Labute approximate surface area is 162 Å². The highest BCUT2D eigenvalue weighted by Gasteiger charge is 2.34. The summed E-state index contributed by atoms with van der Waals surface area (Å²) in [4.78, 5) is 39.7. The molecule has 0 aromatic heterocycles. The van der Waals surface area contributed by atoms with Crippen LogP contribution in [0.1, 0.15) is 28.8 Å². The van der Waals surface area contributed by atoms with Crippen LogP contribution in [-0.2, 0) is 11.2 Å². The Hall–Kier alpha value is -3.22. The van der Waals surface area contributed by atoms with Crippen molar-refractivity contribution in [2.75, 3.05) is 24.5 Å². The number of nitrogens with zero attached hydrogens (tertiary/aromatic N) is 3. The molecule has 7 nitrogen and oxygen atoms in total. The van der Waals surface area contributed by atoms with Gasteiger partial charge in [-0.25, -0.2) is 0 Å². The Morgan fingerprint density at radius 1 is 1.00 bits per heavy atom. The minimum Gasteiger partial charge on any atom is -0.339 e. The van der Waals surface area contributed by atoms with Crippen LogP contribution in [0.3, 0.4) is 0 Å². The zero-order valence-electron chi connectivity index (χ0n) is 15.4. The van der Waals surface area contributed by atoms with Crippen LogP contribution >= 0.6 is 0 Å². The monoisotopic (exact) mass is 379 g/mol. The molecule has 0 aliphatic carbocycles. The largest absolute Gasteiger partial charge is 0.339 e. The molecule has 2 aromatic carbocycles. The number of non-ortho nitro benzene ring substituents is 1. The third-order valence-corrected chi connectivity index (χ3v) is 5.59. The first-order valence-corrected chi connectivity index (χ1v) is 9.47. The molecule has 7 heteroatoms. The first kappa shape index (κ1) is 18.2. The summed E-state index contributed by atoms with van der Waals surface area (Å²) < 4.78 is 0. The van der Waals surface area contributed by atoms with Crippen LogP contribution in [0.2, 0.25) is 0 Å². The molecular formula is C21H21N3O4. The molecule has 2 amide bonds. The van der Waals surface area contributed by atoms with Crippen molar-refractivity contribution in [1.29, 1.82) is 0 Å². The van der Waals surface area contributed by atoms with Crippen molar-refractivity contribution in [1.82, 2.24) is 4.90 Å². The predicted molar refractivity (Wildman–Crippen MR) is 104 cm³/mol. The van der Waals surface area contributed by atoms with E-state index in [0.29, 0.717) is 50.1 Å². The number of anilines is 1. The molecule has 1 saturated heterocycles. The highest BCUT2D eigenvalue weighted by Crippen LogP contribution is 2.34. The van der Waals surface area contributed by atoms with Gasteiger partial charge in [-0.3, -0.25) is 19.7 Å². The fourth-order valence-electron chi connectivity index (χ4n) is 4.02. The van der Waals surface area contributed by atoms with Gasteiger partial charge >= 0.3 is 0 Å². The summed E-state index contributed by atoms with van der Waals surface area (Å²) in [5, 5.41) is 11.1. The number of carbonyl (C=O) groups is 2. The molecule has 0 bridgehead atoms. The summed E-state index contributed by atoms with van der Waals surface area (Å²) in [6.45, 7) is 1.64. The summed E-state index contributed by atoms with van der Waals surface area (Å²) in [7, 11) is 0. The topological polar surface area (TPSA) is 83.8 Å². The fraction of sp³-hybridized carbons (Fsp3) is 0.333. The maximum absolute atomic E-state index is 13.0. The number of amides is 2. The molecule has 2 aliphatic heterocycles. The molecule has 0 N–H and O–H groups in total. The summed E-state index contributed by atoms with van der Waals surface area (Å²) in [5.74, 6) is -0.162. The summed E-state index contributed by atoms with van der Waals surface area (Å²) in [6, 6.07) is 13.9. The van der Waals surface area contributed by atoms with Crippen molar-refractivity contribution in [3.05, 3.63) is 69.8 Å². The zero-order valence-corrected chi connectivity index (χ0v) is 15.4. The second-order valence-corrected chi connectivity index (χ2v) is 7.24. The predicted octanol–water partition coefficient (Wildman–Crippen LogP) is 3.04. The Balaban J connectivity index is 1.42. The van der Waals surface area contributed by atoms with Gasteiger partial charge in [0.2, 0.25) is 5.91 Å². The normalized spacial score (nSPS) is 16.7. The van der Waals surface area contributed by atoms with Gasteiger partial charge in [0, 0.05) is 43.2 Å². The Morgan fingerprint density at radius 3 is 2.39 bits per heavy atom. The lowest BCUT2D eigenvalue weighted by atomic mass is 9.94. The standard InChI is InChI=1S/C21H21N3O4/c25-20(16-4-2-1-3-5-16)22-11-8-17(9-12-22)21(26)23-13-10-15-6-7-18(24(27)28)14-19(15)23/h1-7,14,17H,8-13H2. The summed E-state index contributed by atoms with van der Waals surface area (Å²) >= 11 is 0. The zero-order chi connectivity index (χ0) is 19.7. The molecule has 0 saturated carbocycles. The van der Waals surface area contributed by atoms with Crippen molar-refractivity contribution < 1.29 is 14.5 Å². The molecule has 28 heavy (non-hydrogen) atoms. The lowest BCUT2D eigenvalue weighted by molar-refractivity contribution is -0.384. The van der Waals surface area contributed by atoms with E-state index in [1.54, 1.807) is 28.0 Å². The first-order chi connectivity index (χ1) is 13.5. The number of carbonyl (C=O) groups excluding carboxylic acids is 2. The summed E-state index contributed by atoms with van der Waals surface area (Å²) in [5.41, 5.74) is 2.28. The minimum absolute atomic E-state index is 0.00160. The molecular weight excluding hydrogens is 358 g/mol. The number of benzene rings is 2. The molecule has 0 spiro atoms. The Morgan fingerprint density at radius 2 is 1.71 bits per heavy atom. The minimum atomic E-state index is -0.436. The van der Waals surface area contributed by atoms with E-state index in [0.717, 1.165) is 5.56 Å². The smallest absolute Gasteiger partial charge is 0.271 e. The molecule has 2 aliphatic rings. The molecule has 2 aromatic rings. The van der Waals surface area contributed by atoms with Gasteiger partial charge in [0.15, 0.2) is 0 Å². The molecule has 0 atom stereocenters. The van der Waals surface area contributed by atoms with Crippen LogP contribution in [0.4, 0.5) is 11.4 Å². The number of fused-ring (bicyclic) bond motifs is 1. The quantitative estimate of drug-likeness (QED) is 0.606. The van der Waals surface area contributed by atoms with Crippen LogP contribution in [0.15, 0.2) is 48.5 Å². The average molecular weight is 379 g/mol. The van der Waals surface area contributed by atoms with Crippen molar-refractivity contribution in [3.8, 4) is 0 Å². The van der Waals surface area contributed by atoms with E-state index in [9.17, 15) is 19.7 Å². The fourth-order valence-corrected chi connectivity index (χ4v) is 4.02. The number of piperidine rings is 1. The van der Waals surface area contributed by atoms with Crippen LogP contribution in [0, 0.1) is 16.0 Å². The lowest BCUT2D eigenvalue weighted by Gasteiger charge is -2.33. The van der Waals surface area contributed by atoms with E-state index in [2.05, 4.69) is 0 Å². The van der Waals surface area contributed by atoms with Gasteiger partial charge in [0.1, 0.15) is 0 Å². The number of likely N-dealkylation sites (tertiary alicyclic amines) is 1. The van der Waals surface area contributed by atoms with Gasteiger partial charge in [-0.1, -0.05) is 24.3 Å². The Bertz CT molecular complexity index is 921. The third kappa shape index (κ3) is 3.35. The number of nitro benzene ring substituents is 1. The Kier molecular flexibility index (Phi) is 4.81. The second kappa shape index (κ2) is 7.42. The molecule has 1 fully saturated rings. The van der Waals surface area contributed by atoms with Crippen LogP contribution in [0.25, 0.3) is 0 Å². The number of nitro groups is 1. The molecule has 144 valence electrons. The van der Waals surface area contributed by atoms with Crippen LogP contribution < -0.4 is 4.90 Å². The molecule has 0 unspecified atom stereocenters. The van der Waals surface area contributed by atoms with Gasteiger partial charge < -0.3 is 9.80 Å². The van der Waals surface area contributed by atoms with E-state index in [4.69, 9.17) is 0 Å². The SMILES string of the molecule is O=C(c1ccccc1)N1CCC(C(=O)N2CCc3ccc([N+](=O)[O-])cc32)CC1. The van der Waals surface area contributed by atoms with E-state index in [-0.39, 0.29) is 23.4 Å². The first-order valence-electron chi connectivity index (χ1n) is 9.47. The van der Waals surface area contributed by atoms with Gasteiger partial charge in [-0.2, -0.15) is 0 Å². The maximum Gasteiger partial charge on any atom is 0.271 e. The number of hydrogen-bond donors (Lipinski definition) is 0. The van der Waals surface area contributed by atoms with Crippen molar-refractivity contribution >= 4 is 23.2 Å². The summed E-state index contributed by atoms with van der Waals surface area (Å²) in [6.07, 6.45) is 1.93. The second-order valence-electron chi connectivity index (χ2n) is 7.24. The average Bonchev–Trinajstić information content (AvgIpc) is 3.16. The molecule has 0 radical (unpaired) electrons. The van der Waals surface area contributed by atoms with Gasteiger partial charge in [0.05, 0.1) is 10.6 Å². The third-order valence-electron chi connectivity index (χ3n) is 5.59. The lowest BCUT2D eigenvalue weighted by Crippen LogP contribution is -2.44. The van der Waals surface area contributed by atoms with E-state index in [1.807, 2.05) is 18.2 Å². The van der Waals surface area contributed by atoms with E-state index < -0.39 is 4.92 Å². The highest BCUT2D eigenvalue weighted by atomic mass is 16.6. The van der Waals surface area contributed by atoms with Gasteiger partial charge in [-0.05, 0) is 37.0 Å². The van der Waals surface area contributed by atoms with E-state index >= 15 is 0 Å². The van der Waals surface area contributed by atoms with Crippen molar-refractivity contribution in [3.63, 3.8) is 0 Å². The van der Waals surface area contributed by atoms with Crippen molar-refractivity contribution in [2.24, 2.45) is 5.92 Å². The van der Waals surface area contributed by atoms with Crippen LogP contribution in [0.5, 0.6) is 0 Å². The highest BCUT2D eigenvalue weighted by molar-refractivity contribution is 5.98. The van der Waals surface area contributed by atoms with Crippen molar-refractivity contribution in [2.45, 2.75) is 19.3 Å². The maximum atomic E-state index is 13.0. The van der Waals surface area contributed by atoms with E-state index in [1.165, 1.54) is 12.1 Å². The van der Waals surface area contributed by atoms with Crippen LogP contribution in [-0.4, -0.2) is 41.3 Å². The molecule has 4 rings (SSSR count). The number of rotatable bonds is 3. The number of hydrogen-bond acceptors (Lipinski definition) is 4. The van der Waals surface area contributed by atoms with Gasteiger partial charge in [0.25, 0.3) is 11.6 Å².